The van der Waals surface area contributed by atoms with Crippen LogP contribution in [0.5, 0.6) is 0 Å². The summed E-state index contributed by atoms with van der Waals surface area (Å²) in [5.41, 5.74) is 2.66. The van der Waals surface area contributed by atoms with Gasteiger partial charge in [-0.25, -0.2) is 0 Å². The summed E-state index contributed by atoms with van der Waals surface area (Å²) in [5, 5.41) is 10.6. The Kier molecular flexibility index (Phi) is 5.21. The van der Waals surface area contributed by atoms with Gasteiger partial charge in [-0.2, -0.15) is 5.10 Å². The van der Waals surface area contributed by atoms with Crippen molar-refractivity contribution >= 4 is 11.8 Å². The van der Waals surface area contributed by atoms with Crippen LogP contribution in [0.1, 0.15) is 41.0 Å². The van der Waals surface area contributed by atoms with Crippen LogP contribution in [0.3, 0.4) is 0 Å². The van der Waals surface area contributed by atoms with E-state index < -0.39 is 0 Å². The second-order valence-corrected chi connectivity index (χ2v) is 7.47. The Balaban J connectivity index is 1.30. The second kappa shape index (κ2) is 7.75. The number of amides is 2. The van der Waals surface area contributed by atoms with E-state index in [1.807, 2.05) is 9.80 Å². The summed E-state index contributed by atoms with van der Waals surface area (Å²) in [7, 11) is 0. The van der Waals surface area contributed by atoms with Crippen LogP contribution in [0.25, 0.3) is 0 Å². The van der Waals surface area contributed by atoms with E-state index in [4.69, 9.17) is 0 Å². The largest absolute Gasteiger partial charge is 0.342 e. The predicted octanol–water partition coefficient (Wildman–Crippen LogP) is -0.174. The maximum Gasteiger partial charge on any atom is 0.274 e. The summed E-state index contributed by atoms with van der Waals surface area (Å²) in [6, 6.07) is 0. The number of fused-ring (bicyclic) bond motifs is 1. The molecule has 142 valence electrons. The average molecular weight is 360 g/mol. The van der Waals surface area contributed by atoms with Crippen molar-refractivity contribution in [1.82, 2.24) is 30.2 Å². The van der Waals surface area contributed by atoms with Gasteiger partial charge in [0.25, 0.3) is 5.91 Å². The van der Waals surface area contributed by atoms with Gasteiger partial charge in [-0.15, -0.1) is 0 Å². The highest BCUT2D eigenvalue weighted by Crippen LogP contribution is 2.18. The molecule has 0 saturated carbocycles. The summed E-state index contributed by atoms with van der Waals surface area (Å²) in [6.45, 7) is 6.70. The van der Waals surface area contributed by atoms with Crippen molar-refractivity contribution in [3.8, 4) is 0 Å². The molecule has 0 aromatic carbocycles. The van der Waals surface area contributed by atoms with Crippen molar-refractivity contribution in [3.63, 3.8) is 0 Å². The van der Waals surface area contributed by atoms with Crippen LogP contribution in [-0.4, -0.2) is 89.1 Å². The van der Waals surface area contributed by atoms with Crippen LogP contribution in [0.15, 0.2) is 0 Å². The smallest absolute Gasteiger partial charge is 0.274 e. The SMILES string of the molecule is O=C(CN1CCN(C(=O)c2n[nH]c3c2CNCC3)CC1)N1CCCCC1. The molecule has 2 N–H and O–H groups in total. The molecular formula is C18H28N6O2. The molecule has 26 heavy (non-hydrogen) atoms. The lowest BCUT2D eigenvalue weighted by molar-refractivity contribution is -0.133. The first-order chi connectivity index (χ1) is 12.7. The molecule has 4 heterocycles. The molecule has 0 radical (unpaired) electrons. The number of nitrogens with zero attached hydrogens (tertiary/aromatic N) is 4. The molecule has 0 spiro atoms. The van der Waals surface area contributed by atoms with Crippen LogP contribution in [0, 0.1) is 0 Å². The first-order valence-corrected chi connectivity index (χ1v) is 9.78. The summed E-state index contributed by atoms with van der Waals surface area (Å²) >= 11 is 0. The molecular weight excluding hydrogens is 332 g/mol. The van der Waals surface area contributed by atoms with E-state index in [2.05, 4.69) is 20.4 Å². The molecule has 3 aliphatic rings. The first-order valence-electron chi connectivity index (χ1n) is 9.78. The van der Waals surface area contributed by atoms with Crippen molar-refractivity contribution in [2.75, 3.05) is 52.4 Å². The standard InChI is InChI=1S/C18H28N6O2/c25-16(23-6-2-1-3-7-23)13-22-8-10-24(11-9-22)18(26)17-14-12-19-5-4-15(14)20-21-17/h19H,1-13H2,(H,20,21). The second-order valence-electron chi connectivity index (χ2n) is 7.47. The van der Waals surface area contributed by atoms with E-state index >= 15 is 0 Å². The lowest BCUT2D eigenvalue weighted by atomic mass is 10.1. The Morgan fingerprint density at radius 3 is 2.50 bits per heavy atom. The number of piperidine rings is 1. The molecule has 4 rings (SSSR count). The van der Waals surface area contributed by atoms with Gasteiger partial charge in [-0.3, -0.25) is 19.6 Å². The van der Waals surface area contributed by atoms with Crippen LogP contribution in [0.2, 0.25) is 0 Å². The van der Waals surface area contributed by atoms with Gasteiger partial charge in [0.1, 0.15) is 0 Å². The molecule has 1 aromatic heterocycles. The third kappa shape index (κ3) is 3.61. The zero-order valence-corrected chi connectivity index (χ0v) is 15.3. The highest BCUT2D eigenvalue weighted by Gasteiger charge is 2.29. The Morgan fingerprint density at radius 2 is 1.73 bits per heavy atom. The predicted molar refractivity (Wildman–Crippen MR) is 96.8 cm³/mol. The van der Waals surface area contributed by atoms with E-state index in [1.165, 1.54) is 6.42 Å². The van der Waals surface area contributed by atoms with Gasteiger partial charge in [0, 0.05) is 70.0 Å². The minimum absolute atomic E-state index is 0.00760. The summed E-state index contributed by atoms with van der Waals surface area (Å²) < 4.78 is 0. The molecule has 1 aromatic rings. The van der Waals surface area contributed by atoms with E-state index in [9.17, 15) is 9.59 Å². The van der Waals surface area contributed by atoms with Crippen molar-refractivity contribution in [2.24, 2.45) is 0 Å². The molecule has 0 unspecified atom stereocenters. The summed E-state index contributed by atoms with van der Waals surface area (Å²) in [4.78, 5) is 31.3. The molecule has 2 fully saturated rings. The fraction of sp³-hybridized carbons (Fsp3) is 0.722. The van der Waals surface area contributed by atoms with Crippen LogP contribution < -0.4 is 5.32 Å². The van der Waals surface area contributed by atoms with Gasteiger partial charge in [0.05, 0.1) is 6.54 Å². The molecule has 0 bridgehead atoms. The van der Waals surface area contributed by atoms with Crippen molar-refractivity contribution in [2.45, 2.75) is 32.2 Å². The summed E-state index contributed by atoms with van der Waals surface area (Å²) in [6.07, 6.45) is 4.37. The normalized spacial score (nSPS) is 21.5. The number of carbonyl (C=O) groups is 2. The lowest BCUT2D eigenvalue weighted by Crippen LogP contribution is -2.52. The van der Waals surface area contributed by atoms with Gasteiger partial charge in [-0.1, -0.05) is 0 Å². The first kappa shape index (κ1) is 17.5. The highest BCUT2D eigenvalue weighted by molar-refractivity contribution is 5.94. The number of piperazine rings is 1. The van der Waals surface area contributed by atoms with Crippen molar-refractivity contribution in [1.29, 1.82) is 0 Å². The Hall–Kier alpha value is -1.93. The zero-order chi connectivity index (χ0) is 17.9. The topological polar surface area (TPSA) is 84.6 Å². The molecule has 0 atom stereocenters. The van der Waals surface area contributed by atoms with Crippen LogP contribution >= 0.6 is 0 Å². The quantitative estimate of drug-likeness (QED) is 0.782. The minimum Gasteiger partial charge on any atom is -0.342 e. The van der Waals surface area contributed by atoms with Gasteiger partial charge in [0.15, 0.2) is 5.69 Å². The molecule has 0 aliphatic carbocycles. The van der Waals surface area contributed by atoms with Crippen LogP contribution in [-0.2, 0) is 17.8 Å². The maximum atomic E-state index is 12.8. The fourth-order valence-electron chi connectivity index (χ4n) is 4.10. The number of nitrogens with one attached hydrogen (secondary N) is 2. The fourth-order valence-corrected chi connectivity index (χ4v) is 4.10. The highest BCUT2D eigenvalue weighted by atomic mass is 16.2. The number of aromatic nitrogens is 2. The van der Waals surface area contributed by atoms with E-state index in [0.29, 0.717) is 31.9 Å². The average Bonchev–Trinajstić information content (AvgIpc) is 3.13. The minimum atomic E-state index is 0.00760. The number of hydrogen-bond donors (Lipinski definition) is 2. The van der Waals surface area contributed by atoms with Gasteiger partial charge in [0.2, 0.25) is 5.91 Å². The number of rotatable bonds is 3. The van der Waals surface area contributed by atoms with Crippen LogP contribution in [0.4, 0.5) is 0 Å². The number of hydrogen-bond acceptors (Lipinski definition) is 5. The monoisotopic (exact) mass is 360 g/mol. The van der Waals surface area contributed by atoms with E-state index in [1.54, 1.807) is 0 Å². The maximum absolute atomic E-state index is 12.8. The number of aromatic amines is 1. The molecule has 2 amide bonds. The number of H-pyrrole nitrogens is 1. The van der Waals surface area contributed by atoms with E-state index in [-0.39, 0.29) is 11.8 Å². The van der Waals surface area contributed by atoms with Gasteiger partial charge < -0.3 is 15.1 Å². The third-order valence-electron chi connectivity index (χ3n) is 5.74. The molecule has 8 nitrogen and oxygen atoms in total. The molecule has 2 saturated heterocycles. The third-order valence-corrected chi connectivity index (χ3v) is 5.74. The number of carbonyl (C=O) groups excluding carboxylic acids is 2. The Labute approximate surface area is 153 Å². The van der Waals surface area contributed by atoms with Crippen molar-refractivity contribution in [3.05, 3.63) is 17.0 Å². The molecule has 3 aliphatic heterocycles. The Bertz CT molecular complexity index is 659. The number of likely N-dealkylation sites (tertiary alicyclic amines) is 1. The Morgan fingerprint density at radius 1 is 0.962 bits per heavy atom. The lowest BCUT2D eigenvalue weighted by Gasteiger charge is -2.36. The van der Waals surface area contributed by atoms with Gasteiger partial charge in [-0.05, 0) is 19.3 Å². The molecule has 8 heteroatoms. The van der Waals surface area contributed by atoms with E-state index in [0.717, 1.165) is 63.2 Å². The zero-order valence-electron chi connectivity index (χ0n) is 15.3. The van der Waals surface area contributed by atoms with Crippen molar-refractivity contribution < 1.29 is 9.59 Å². The summed E-state index contributed by atoms with van der Waals surface area (Å²) in [5.74, 6) is 0.241. The van der Waals surface area contributed by atoms with Gasteiger partial charge >= 0.3 is 0 Å².